The predicted octanol–water partition coefficient (Wildman–Crippen LogP) is 12.2. The molecule has 0 amide bonds. The van der Waals surface area contributed by atoms with Crippen LogP contribution in [0.15, 0.2) is 164 Å². The molecular weight excluding hydrogens is 544 g/mol. The first-order valence-corrected chi connectivity index (χ1v) is 15.4. The second kappa shape index (κ2) is 10.1. The van der Waals surface area contributed by atoms with Gasteiger partial charge in [0.05, 0.1) is 0 Å². The minimum atomic E-state index is 0.286. The molecule has 0 bridgehead atoms. The Morgan fingerprint density at radius 3 is 1.33 bits per heavy atom. The molecule has 210 valence electrons. The summed E-state index contributed by atoms with van der Waals surface area (Å²) in [6.45, 7) is 0. The van der Waals surface area contributed by atoms with Gasteiger partial charge in [0.2, 0.25) is 0 Å². The molecule has 1 N–H and O–H groups in total. The largest absolute Gasteiger partial charge is 0.508 e. The average Bonchev–Trinajstić information content (AvgIpc) is 3.09. The molecular formula is C44H28O. The Bertz CT molecular complexity index is 2610. The molecule has 0 aliphatic heterocycles. The van der Waals surface area contributed by atoms with Gasteiger partial charge in [0, 0.05) is 0 Å². The predicted molar refractivity (Wildman–Crippen MR) is 192 cm³/mol. The molecule has 0 aliphatic carbocycles. The smallest absolute Gasteiger partial charge is 0.116 e. The SMILES string of the molecule is Oc1ccc2cc(-c3ccc4c(-c5ccc6ccccc6c5)c5ccccc5c(-c5ccc6ccccc6c5)c4c3)ccc2c1. The van der Waals surface area contributed by atoms with Crippen molar-refractivity contribution in [1.29, 1.82) is 0 Å². The molecule has 1 nitrogen and oxygen atoms in total. The van der Waals surface area contributed by atoms with E-state index in [1.54, 1.807) is 6.07 Å². The standard InChI is InChI=1S/C44H28O/c45-38-21-19-33-23-32(15-16-34(33)26-38)35-20-22-41-42(27-35)44(37-18-14-29-8-2-4-10-31(29)25-37)40-12-6-5-11-39(40)43(41)36-17-13-28-7-1-3-9-30(28)24-36/h1-27,45H. The summed E-state index contributed by atoms with van der Waals surface area (Å²) < 4.78 is 0. The van der Waals surface area contributed by atoms with Crippen LogP contribution in [-0.2, 0) is 0 Å². The van der Waals surface area contributed by atoms with Crippen LogP contribution < -0.4 is 0 Å². The number of phenols is 1. The first-order chi connectivity index (χ1) is 22.2. The fraction of sp³-hybridized carbons (Fsp3) is 0. The number of fused-ring (bicyclic) bond motifs is 5. The summed E-state index contributed by atoms with van der Waals surface area (Å²) in [5.74, 6) is 0.286. The van der Waals surface area contributed by atoms with Gasteiger partial charge >= 0.3 is 0 Å². The maximum Gasteiger partial charge on any atom is 0.116 e. The third-order valence-electron chi connectivity index (χ3n) is 9.26. The molecule has 9 aromatic carbocycles. The molecule has 45 heavy (non-hydrogen) atoms. The van der Waals surface area contributed by atoms with Gasteiger partial charge in [-0.3, -0.25) is 0 Å². The second-order valence-corrected chi connectivity index (χ2v) is 11.9. The van der Waals surface area contributed by atoms with Crippen molar-refractivity contribution < 1.29 is 5.11 Å². The van der Waals surface area contributed by atoms with Crippen molar-refractivity contribution in [2.75, 3.05) is 0 Å². The highest BCUT2D eigenvalue weighted by molar-refractivity contribution is 6.22. The third-order valence-corrected chi connectivity index (χ3v) is 9.26. The van der Waals surface area contributed by atoms with Crippen LogP contribution in [0.2, 0.25) is 0 Å². The molecule has 1 heteroatoms. The van der Waals surface area contributed by atoms with Crippen molar-refractivity contribution >= 4 is 53.9 Å². The summed E-state index contributed by atoms with van der Waals surface area (Å²) in [5, 5.41) is 22.1. The number of aromatic hydroxyl groups is 1. The highest BCUT2D eigenvalue weighted by Gasteiger charge is 2.18. The number of hydrogen-bond acceptors (Lipinski definition) is 1. The minimum absolute atomic E-state index is 0.286. The fourth-order valence-corrected chi connectivity index (χ4v) is 7.08. The summed E-state index contributed by atoms with van der Waals surface area (Å²) in [6, 6.07) is 58.7. The lowest BCUT2D eigenvalue weighted by Gasteiger charge is -2.19. The Kier molecular flexibility index (Phi) is 5.73. The molecule has 0 saturated carbocycles. The topological polar surface area (TPSA) is 20.2 Å². The minimum Gasteiger partial charge on any atom is -0.508 e. The van der Waals surface area contributed by atoms with E-state index in [1.807, 2.05) is 12.1 Å². The van der Waals surface area contributed by atoms with E-state index in [0.717, 1.165) is 16.3 Å². The Morgan fingerprint density at radius 1 is 0.267 bits per heavy atom. The lowest BCUT2D eigenvalue weighted by Crippen LogP contribution is -1.92. The van der Waals surface area contributed by atoms with E-state index in [2.05, 4.69) is 146 Å². The number of phenolic OH excluding ortho intramolecular Hbond substituents is 1. The van der Waals surface area contributed by atoms with Crippen molar-refractivity contribution in [2.24, 2.45) is 0 Å². The van der Waals surface area contributed by atoms with Gasteiger partial charge in [0.1, 0.15) is 5.75 Å². The van der Waals surface area contributed by atoms with Gasteiger partial charge in [-0.2, -0.15) is 0 Å². The van der Waals surface area contributed by atoms with Gasteiger partial charge < -0.3 is 5.11 Å². The quantitative estimate of drug-likeness (QED) is 0.209. The summed E-state index contributed by atoms with van der Waals surface area (Å²) in [5.41, 5.74) is 7.27. The van der Waals surface area contributed by atoms with Crippen molar-refractivity contribution in [2.45, 2.75) is 0 Å². The summed E-state index contributed by atoms with van der Waals surface area (Å²) in [4.78, 5) is 0. The van der Waals surface area contributed by atoms with E-state index in [0.29, 0.717) is 0 Å². The van der Waals surface area contributed by atoms with Crippen LogP contribution in [0.4, 0.5) is 0 Å². The van der Waals surface area contributed by atoms with Crippen LogP contribution in [0.5, 0.6) is 5.75 Å². The Labute approximate surface area is 261 Å². The molecule has 0 saturated heterocycles. The summed E-state index contributed by atoms with van der Waals surface area (Å²) in [7, 11) is 0. The van der Waals surface area contributed by atoms with Crippen molar-refractivity contribution in [3.05, 3.63) is 164 Å². The van der Waals surface area contributed by atoms with Gasteiger partial charge in [-0.05, 0) is 124 Å². The molecule has 0 atom stereocenters. The molecule has 0 aliphatic rings. The molecule has 0 unspecified atom stereocenters. The van der Waals surface area contributed by atoms with Gasteiger partial charge in [0.25, 0.3) is 0 Å². The van der Waals surface area contributed by atoms with Gasteiger partial charge in [-0.15, -0.1) is 0 Å². The summed E-state index contributed by atoms with van der Waals surface area (Å²) >= 11 is 0. The lowest BCUT2D eigenvalue weighted by atomic mass is 9.84. The number of benzene rings is 9. The molecule has 0 heterocycles. The van der Waals surface area contributed by atoms with Crippen LogP contribution in [0, 0.1) is 0 Å². The van der Waals surface area contributed by atoms with Crippen molar-refractivity contribution in [3.63, 3.8) is 0 Å². The highest BCUT2D eigenvalue weighted by Crippen LogP contribution is 2.45. The zero-order valence-corrected chi connectivity index (χ0v) is 24.5. The zero-order chi connectivity index (χ0) is 29.9. The first-order valence-electron chi connectivity index (χ1n) is 15.4. The van der Waals surface area contributed by atoms with Crippen LogP contribution in [0.25, 0.3) is 87.2 Å². The van der Waals surface area contributed by atoms with E-state index in [-0.39, 0.29) is 5.75 Å². The zero-order valence-electron chi connectivity index (χ0n) is 24.5. The molecule has 0 aromatic heterocycles. The first kappa shape index (κ1) is 25.6. The maximum atomic E-state index is 10.0. The molecule has 0 radical (unpaired) electrons. The maximum absolute atomic E-state index is 10.0. The number of hydrogen-bond donors (Lipinski definition) is 1. The van der Waals surface area contributed by atoms with Crippen LogP contribution >= 0.6 is 0 Å². The lowest BCUT2D eigenvalue weighted by molar-refractivity contribution is 0.476. The van der Waals surface area contributed by atoms with Crippen LogP contribution in [0.3, 0.4) is 0 Å². The Morgan fingerprint density at radius 2 is 0.667 bits per heavy atom. The van der Waals surface area contributed by atoms with Crippen LogP contribution in [-0.4, -0.2) is 5.11 Å². The van der Waals surface area contributed by atoms with Gasteiger partial charge in [-0.25, -0.2) is 0 Å². The van der Waals surface area contributed by atoms with Crippen molar-refractivity contribution in [1.82, 2.24) is 0 Å². The number of rotatable bonds is 3. The molecule has 9 aromatic rings. The van der Waals surface area contributed by atoms with Crippen molar-refractivity contribution in [3.8, 4) is 39.1 Å². The van der Waals surface area contributed by atoms with E-state index >= 15 is 0 Å². The average molecular weight is 573 g/mol. The Hall–Kier alpha value is -5.92. The third kappa shape index (κ3) is 4.24. The van der Waals surface area contributed by atoms with E-state index in [4.69, 9.17) is 0 Å². The molecule has 0 spiro atoms. The Balaban J connectivity index is 1.38. The summed E-state index contributed by atoms with van der Waals surface area (Å²) in [6.07, 6.45) is 0. The molecule has 0 fully saturated rings. The van der Waals surface area contributed by atoms with E-state index < -0.39 is 0 Å². The highest BCUT2D eigenvalue weighted by atomic mass is 16.3. The monoisotopic (exact) mass is 572 g/mol. The van der Waals surface area contributed by atoms with E-state index in [1.165, 1.54) is 70.9 Å². The van der Waals surface area contributed by atoms with E-state index in [9.17, 15) is 5.11 Å². The van der Waals surface area contributed by atoms with Gasteiger partial charge in [0.15, 0.2) is 0 Å². The second-order valence-electron chi connectivity index (χ2n) is 11.9. The van der Waals surface area contributed by atoms with Crippen LogP contribution in [0.1, 0.15) is 0 Å². The molecule has 9 rings (SSSR count). The fourth-order valence-electron chi connectivity index (χ4n) is 7.08. The van der Waals surface area contributed by atoms with Gasteiger partial charge in [-0.1, -0.05) is 127 Å². The normalized spacial score (nSPS) is 11.6.